The lowest BCUT2D eigenvalue weighted by atomic mass is 9.83. The van der Waals surface area contributed by atoms with Gasteiger partial charge < -0.3 is 23.9 Å². The quantitative estimate of drug-likeness (QED) is 0.243. The molecular formula is C34H42FN3O6. The summed E-state index contributed by atoms with van der Waals surface area (Å²) in [7, 11) is 0. The molecular weight excluding hydrogens is 565 g/mol. The molecule has 2 aromatic carbocycles. The maximum Gasteiger partial charge on any atom is 0.308 e. The molecule has 0 aliphatic carbocycles. The van der Waals surface area contributed by atoms with Crippen LogP contribution in [0.2, 0.25) is 0 Å². The van der Waals surface area contributed by atoms with Crippen LogP contribution in [-0.4, -0.2) is 58.8 Å². The number of aryl methyl sites for hydroxylation is 3. The van der Waals surface area contributed by atoms with Gasteiger partial charge in [-0.05, 0) is 74.6 Å². The van der Waals surface area contributed by atoms with E-state index in [1.165, 1.54) is 6.07 Å². The highest BCUT2D eigenvalue weighted by atomic mass is 19.1. The Morgan fingerprint density at radius 2 is 1.84 bits per heavy atom. The number of fused-ring (bicyclic) bond motifs is 1. The first kappa shape index (κ1) is 31.5. The summed E-state index contributed by atoms with van der Waals surface area (Å²) in [4.78, 5) is 35.4. The second-order valence-corrected chi connectivity index (χ2v) is 11.9. The van der Waals surface area contributed by atoms with Gasteiger partial charge in [-0.15, -0.1) is 0 Å². The molecule has 5 rings (SSSR count). The molecule has 0 radical (unpaired) electrons. The van der Waals surface area contributed by atoms with E-state index < -0.39 is 17.9 Å². The fourth-order valence-electron chi connectivity index (χ4n) is 6.78. The van der Waals surface area contributed by atoms with Gasteiger partial charge in [-0.3, -0.25) is 14.5 Å². The molecule has 3 atom stereocenters. The van der Waals surface area contributed by atoms with E-state index in [0.29, 0.717) is 53.8 Å². The van der Waals surface area contributed by atoms with E-state index in [9.17, 15) is 19.1 Å². The number of ether oxygens (including phenoxy) is 2. The fourth-order valence-corrected chi connectivity index (χ4v) is 6.78. The third-order valence-corrected chi connectivity index (χ3v) is 8.82. The summed E-state index contributed by atoms with van der Waals surface area (Å²) in [5.74, 6) is -0.0725. The first-order valence-corrected chi connectivity index (χ1v) is 15.6. The number of anilines is 1. The summed E-state index contributed by atoms with van der Waals surface area (Å²) < 4.78 is 31.1. The van der Waals surface area contributed by atoms with Crippen LogP contribution in [0.5, 0.6) is 11.5 Å². The van der Waals surface area contributed by atoms with E-state index in [4.69, 9.17) is 13.9 Å². The molecule has 1 N–H and O–H groups in total. The molecule has 0 saturated carbocycles. The Hall–Kier alpha value is -3.92. The maximum atomic E-state index is 14.4. The standard InChI is InChI=1S/C34H42FN3O6/c1-5-7-24(8-6-2)38(25-10-11-27(35)21(3)15-25)32(39)19-37-18-26(23-9-13-29-30(16-23)43-20-42-29)33(34(40)41)28(37)12-14-31-36-17-22(4)44-31/h9-11,13,15-17,24,26,28,33H,5-8,12,14,18-20H2,1-4H3,(H,40,41)/t26-,28-,33+/m1/s1. The van der Waals surface area contributed by atoms with E-state index in [-0.39, 0.29) is 37.0 Å². The zero-order valence-electron chi connectivity index (χ0n) is 25.9. The number of aromatic nitrogens is 1. The summed E-state index contributed by atoms with van der Waals surface area (Å²) in [6.45, 7) is 8.23. The van der Waals surface area contributed by atoms with Gasteiger partial charge >= 0.3 is 5.97 Å². The minimum Gasteiger partial charge on any atom is -0.481 e. The second-order valence-electron chi connectivity index (χ2n) is 11.9. The molecule has 0 unspecified atom stereocenters. The normalized spacial score (nSPS) is 19.5. The molecule has 1 aromatic heterocycles. The second kappa shape index (κ2) is 13.8. The zero-order valence-corrected chi connectivity index (χ0v) is 25.9. The number of halogens is 1. The highest BCUT2D eigenvalue weighted by molar-refractivity contribution is 5.95. The van der Waals surface area contributed by atoms with Crippen LogP contribution in [0.15, 0.2) is 47.0 Å². The third-order valence-electron chi connectivity index (χ3n) is 8.82. The lowest BCUT2D eigenvalue weighted by molar-refractivity contribution is -0.143. The van der Waals surface area contributed by atoms with Gasteiger partial charge in [-0.25, -0.2) is 9.37 Å². The van der Waals surface area contributed by atoms with E-state index in [0.717, 1.165) is 31.2 Å². The molecule has 3 aromatic rings. The molecule has 10 heteroatoms. The number of aliphatic carboxylic acids is 1. The number of oxazole rings is 1. The van der Waals surface area contributed by atoms with E-state index >= 15 is 0 Å². The molecule has 0 spiro atoms. The predicted octanol–water partition coefficient (Wildman–Crippen LogP) is 6.26. The summed E-state index contributed by atoms with van der Waals surface area (Å²) in [5.41, 5.74) is 1.96. The third kappa shape index (κ3) is 6.75. The van der Waals surface area contributed by atoms with Gasteiger partial charge in [0.15, 0.2) is 17.4 Å². The van der Waals surface area contributed by atoms with Crippen LogP contribution in [0.3, 0.4) is 0 Å². The van der Waals surface area contributed by atoms with Crippen molar-refractivity contribution in [3.63, 3.8) is 0 Å². The average Bonchev–Trinajstić information content (AvgIpc) is 3.72. The topological polar surface area (TPSA) is 105 Å². The number of rotatable bonds is 13. The number of carboxylic acids is 1. The number of nitrogens with zero attached hydrogens (tertiary/aromatic N) is 3. The van der Waals surface area contributed by atoms with Crippen LogP contribution in [0, 0.1) is 25.6 Å². The van der Waals surface area contributed by atoms with Crippen LogP contribution in [0.1, 0.15) is 74.6 Å². The largest absolute Gasteiger partial charge is 0.481 e. The lowest BCUT2D eigenvalue weighted by Gasteiger charge is -2.35. The molecule has 1 fully saturated rings. The zero-order chi connectivity index (χ0) is 31.4. The average molecular weight is 608 g/mol. The smallest absolute Gasteiger partial charge is 0.308 e. The van der Waals surface area contributed by atoms with Crippen molar-refractivity contribution in [3.05, 3.63) is 71.2 Å². The van der Waals surface area contributed by atoms with Gasteiger partial charge in [0.25, 0.3) is 0 Å². The number of hydrogen-bond donors (Lipinski definition) is 1. The van der Waals surface area contributed by atoms with Crippen molar-refractivity contribution >= 4 is 17.6 Å². The number of carboxylic acid groups (broad SMARTS) is 1. The molecule has 236 valence electrons. The molecule has 44 heavy (non-hydrogen) atoms. The highest BCUT2D eigenvalue weighted by Crippen LogP contribution is 2.43. The van der Waals surface area contributed by atoms with Crippen molar-refractivity contribution in [1.82, 2.24) is 9.88 Å². The first-order chi connectivity index (χ1) is 21.2. The van der Waals surface area contributed by atoms with Gasteiger partial charge in [0.2, 0.25) is 12.7 Å². The molecule has 2 aliphatic heterocycles. The molecule has 1 saturated heterocycles. The Morgan fingerprint density at radius 3 is 2.50 bits per heavy atom. The van der Waals surface area contributed by atoms with Crippen molar-refractivity contribution in [1.29, 1.82) is 0 Å². The van der Waals surface area contributed by atoms with E-state index in [2.05, 4.69) is 18.8 Å². The SMILES string of the molecule is CCCC(CCC)N(C(=O)CN1C[C@H](c2ccc3c(c2)OCO3)[C@H](C(=O)O)[C@H]1CCc1ncc(C)o1)c1ccc(F)c(C)c1. The van der Waals surface area contributed by atoms with Gasteiger partial charge in [0.05, 0.1) is 18.7 Å². The number of carbonyl (C=O) groups is 2. The van der Waals surface area contributed by atoms with Crippen molar-refractivity contribution in [3.8, 4) is 11.5 Å². The van der Waals surface area contributed by atoms with E-state index in [1.54, 1.807) is 25.3 Å². The van der Waals surface area contributed by atoms with Gasteiger partial charge in [0.1, 0.15) is 11.6 Å². The Balaban J connectivity index is 1.48. The van der Waals surface area contributed by atoms with Crippen LogP contribution in [-0.2, 0) is 16.0 Å². The number of carbonyl (C=O) groups excluding carboxylic acids is 1. The number of amides is 1. The monoisotopic (exact) mass is 607 g/mol. The molecule has 2 aliphatic rings. The van der Waals surface area contributed by atoms with Crippen LogP contribution in [0.4, 0.5) is 10.1 Å². The Bertz CT molecular complexity index is 1470. The van der Waals surface area contributed by atoms with Gasteiger partial charge in [-0.1, -0.05) is 32.8 Å². The van der Waals surface area contributed by atoms with Crippen molar-refractivity contribution in [2.75, 3.05) is 24.8 Å². The van der Waals surface area contributed by atoms with Crippen molar-refractivity contribution < 1.29 is 33.0 Å². The highest BCUT2D eigenvalue weighted by Gasteiger charge is 2.47. The van der Waals surface area contributed by atoms with Crippen molar-refractivity contribution in [2.45, 2.75) is 84.2 Å². The summed E-state index contributed by atoms with van der Waals surface area (Å²) in [6, 6.07) is 9.86. The summed E-state index contributed by atoms with van der Waals surface area (Å²) in [5, 5.41) is 10.6. The number of likely N-dealkylation sites (tertiary alicyclic amines) is 1. The molecule has 3 heterocycles. The van der Waals surface area contributed by atoms with E-state index in [1.807, 2.05) is 34.9 Å². The van der Waals surface area contributed by atoms with Gasteiger partial charge in [0, 0.05) is 36.7 Å². The first-order valence-electron chi connectivity index (χ1n) is 15.6. The van der Waals surface area contributed by atoms with Crippen LogP contribution < -0.4 is 14.4 Å². The number of hydrogen-bond acceptors (Lipinski definition) is 7. The molecule has 9 nitrogen and oxygen atoms in total. The van der Waals surface area contributed by atoms with Gasteiger partial charge in [-0.2, -0.15) is 0 Å². The summed E-state index contributed by atoms with van der Waals surface area (Å²) in [6.07, 6.45) is 5.94. The maximum absolute atomic E-state index is 14.4. The Kier molecular flexibility index (Phi) is 9.88. The number of benzene rings is 2. The predicted molar refractivity (Wildman–Crippen MR) is 164 cm³/mol. The minimum absolute atomic E-state index is 0.0282. The molecule has 0 bridgehead atoms. The molecule has 1 amide bonds. The Labute approximate surface area is 258 Å². The van der Waals surface area contributed by atoms with Crippen LogP contribution >= 0.6 is 0 Å². The minimum atomic E-state index is -0.919. The summed E-state index contributed by atoms with van der Waals surface area (Å²) >= 11 is 0. The van der Waals surface area contributed by atoms with Crippen molar-refractivity contribution in [2.24, 2.45) is 5.92 Å². The fraction of sp³-hybridized carbons (Fsp3) is 0.500. The van der Waals surface area contributed by atoms with Crippen LogP contribution in [0.25, 0.3) is 0 Å². The lowest BCUT2D eigenvalue weighted by Crippen LogP contribution is -2.48. The Morgan fingerprint density at radius 1 is 1.09 bits per heavy atom.